The molecule has 0 fully saturated rings. The molecule has 0 radical (unpaired) electrons. The Bertz CT molecular complexity index is 783. The highest BCUT2D eigenvalue weighted by Crippen LogP contribution is 2.22. The van der Waals surface area contributed by atoms with Gasteiger partial charge in [0, 0.05) is 24.5 Å². The van der Waals surface area contributed by atoms with Gasteiger partial charge in [-0.05, 0) is 17.7 Å². The Morgan fingerprint density at radius 3 is 2.76 bits per heavy atom. The second-order valence-corrected chi connectivity index (χ2v) is 5.34. The zero-order valence-electron chi connectivity index (χ0n) is 13.0. The molecular weight excluding hydrogens is 350 g/mol. The van der Waals surface area contributed by atoms with E-state index in [0.29, 0.717) is 0 Å². The molecule has 0 atom stereocenters. The Labute approximate surface area is 147 Å². The average Bonchev–Trinajstić information content (AvgIpc) is 2.59. The highest BCUT2D eigenvalue weighted by molar-refractivity contribution is 6.34. The van der Waals surface area contributed by atoms with E-state index in [9.17, 15) is 19.7 Å². The van der Waals surface area contributed by atoms with Crippen molar-refractivity contribution in [3.8, 4) is 0 Å². The topological polar surface area (TPSA) is 111 Å². The summed E-state index contributed by atoms with van der Waals surface area (Å²) in [5.41, 5.74) is 0.633. The van der Waals surface area contributed by atoms with Crippen LogP contribution in [-0.4, -0.2) is 34.9 Å². The normalized spacial score (nSPS) is 10.1. The molecule has 1 aromatic carbocycles. The van der Waals surface area contributed by atoms with Crippen LogP contribution in [0.4, 0.5) is 5.69 Å². The summed E-state index contributed by atoms with van der Waals surface area (Å²) in [7, 11) is 0. The maximum Gasteiger partial charge on any atom is 0.310 e. The number of ether oxygens (including phenoxy) is 1. The van der Waals surface area contributed by atoms with Crippen LogP contribution in [0.2, 0.25) is 5.02 Å². The maximum absolute atomic E-state index is 12.0. The van der Waals surface area contributed by atoms with E-state index < -0.39 is 16.8 Å². The molecule has 0 saturated carbocycles. The second kappa shape index (κ2) is 8.74. The van der Waals surface area contributed by atoms with Crippen molar-refractivity contribution in [1.29, 1.82) is 0 Å². The zero-order chi connectivity index (χ0) is 18.2. The fraction of sp³-hybridized carbons (Fsp3) is 0.188. The number of hydrogen-bond acceptors (Lipinski definition) is 6. The minimum atomic E-state index is -0.602. The Morgan fingerprint density at radius 2 is 2.12 bits per heavy atom. The largest absolute Gasteiger partial charge is 0.464 e. The predicted molar refractivity (Wildman–Crippen MR) is 89.3 cm³/mol. The van der Waals surface area contributed by atoms with Gasteiger partial charge in [-0.3, -0.25) is 24.7 Å². The summed E-state index contributed by atoms with van der Waals surface area (Å²) in [6.07, 6.45) is 3.27. The number of benzene rings is 1. The third-order valence-corrected chi connectivity index (χ3v) is 3.44. The second-order valence-electron chi connectivity index (χ2n) is 4.94. The lowest BCUT2D eigenvalue weighted by molar-refractivity contribution is -0.384. The number of carbonyl (C=O) groups is 2. The van der Waals surface area contributed by atoms with Crippen molar-refractivity contribution in [2.75, 3.05) is 13.2 Å². The summed E-state index contributed by atoms with van der Waals surface area (Å²) < 4.78 is 5.01. The molecule has 1 amide bonds. The Balaban J connectivity index is 1.77. The first-order chi connectivity index (χ1) is 12.0. The molecule has 0 saturated heterocycles. The van der Waals surface area contributed by atoms with Crippen LogP contribution in [0, 0.1) is 10.1 Å². The fourth-order valence-electron chi connectivity index (χ4n) is 1.95. The number of nitrogens with zero attached hydrogens (tertiary/aromatic N) is 2. The lowest BCUT2D eigenvalue weighted by atomic mass is 10.2. The minimum Gasteiger partial charge on any atom is -0.464 e. The molecule has 1 heterocycles. The number of nitro benzene ring substituents is 1. The van der Waals surface area contributed by atoms with Crippen LogP contribution < -0.4 is 5.32 Å². The SMILES string of the molecule is O=C(Cc1cccnc1)OCCNC(=O)c1ccc([N+](=O)[O-])cc1Cl. The molecule has 0 unspecified atom stereocenters. The summed E-state index contributed by atoms with van der Waals surface area (Å²) in [6, 6.07) is 7.03. The van der Waals surface area contributed by atoms with Gasteiger partial charge in [-0.1, -0.05) is 17.7 Å². The third-order valence-electron chi connectivity index (χ3n) is 3.13. The number of esters is 1. The van der Waals surface area contributed by atoms with Gasteiger partial charge in [0.2, 0.25) is 0 Å². The minimum absolute atomic E-state index is 0.00453. The van der Waals surface area contributed by atoms with E-state index in [1.54, 1.807) is 24.5 Å². The quantitative estimate of drug-likeness (QED) is 0.349. The predicted octanol–water partition coefficient (Wildman–Crippen LogP) is 2.16. The van der Waals surface area contributed by atoms with Crippen LogP contribution in [0.15, 0.2) is 42.7 Å². The monoisotopic (exact) mass is 363 g/mol. The lowest BCUT2D eigenvalue weighted by Crippen LogP contribution is -2.28. The molecule has 130 valence electrons. The van der Waals surface area contributed by atoms with Crippen LogP contribution in [0.25, 0.3) is 0 Å². The highest BCUT2D eigenvalue weighted by atomic mass is 35.5. The highest BCUT2D eigenvalue weighted by Gasteiger charge is 2.14. The van der Waals surface area contributed by atoms with Gasteiger partial charge < -0.3 is 10.1 Å². The summed E-state index contributed by atoms with van der Waals surface area (Å²) >= 11 is 5.87. The van der Waals surface area contributed by atoms with Crippen molar-refractivity contribution in [2.24, 2.45) is 0 Å². The molecule has 2 rings (SSSR count). The lowest BCUT2D eigenvalue weighted by Gasteiger charge is -2.08. The molecule has 0 aliphatic carbocycles. The molecule has 0 aliphatic rings. The van der Waals surface area contributed by atoms with E-state index in [2.05, 4.69) is 10.3 Å². The fourth-order valence-corrected chi connectivity index (χ4v) is 2.21. The van der Waals surface area contributed by atoms with Crippen molar-refractivity contribution in [3.63, 3.8) is 0 Å². The number of pyridine rings is 1. The number of amides is 1. The summed E-state index contributed by atoms with van der Waals surface area (Å²) in [4.78, 5) is 37.5. The molecule has 25 heavy (non-hydrogen) atoms. The van der Waals surface area contributed by atoms with Crippen LogP contribution in [0.3, 0.4) is 0 Å². The van der Waals surface area contributed by atoms with E-state index in [1.807, 2.05) is 0 Å². The van der Waals surface area contributed by atoms with Gasteiger partial charge >= 0.3 is 5.97 Å². The first-order valence-corrected chi connectivity index (χ1v) is 7.62. The first kappa shape index (κ1) is 18.3. The van der Waals surface area contributed by atoms with Crippen LogP contribution >= 0.6 is 11.6 Å². The molecule has 2 aromatic rings. The maximum atomic E-state index is 12.0. The average molecular weight is 364 g/mol. The van der Waals surface area contributed by atoms with Crippen LogP contribution in [0.1, 0.15) is 15.9 Å². The van der Waals surface area contributed by atoms with E-state index in [4.69, 9.17) is 16.3 Å². The number of carbonyl (C=O) groups excluding carboxylic acids is 2. The number of nitro groups is 1. The number of non-ortho nitro benzene ring substituents is 1. The standard InChI is InChI=1S/C16H14ClN3O5/c17-14-9-12(20(23)24)3-4-13(14)16(22)19-6-7-25-15(21)8-11-2-1-5-18-10-11/h1-5,9-10H,6-8H2,(H,19,22). The van der Waals surface area contributed by atoms with Gasteiger partial charge in [0.1, 0.15) is 6.61 Å². The van der Waals surface area contributed by atoms with Crippen LogP contribution in [0.5, 0.6) is 0 Å². The van der Waals surface area contributed by atoms with E-state index >= 15 is 0 Å². The Hall–Kier alpha value is -3.00. The number of aromatic nitrogens is 1. The van der Waals surface area contributed by atoms with E-state index in [0.717, 1.165) is 11.6 Å². The molecule has 1 N–H and O–H groups in total. The van der Waals surface area contributed by atoms with Gasteiger partial charge in [-0.2, -0.15) is 0 Å². The molecule has 0 aliphatic heterocycles. The number of rotatable bonds is 7. The third kappa shape index (κ3) is 5.54. The van der Waals surface area contributed by atoms with Gasteiger partial charge in [-0.25, -0.2) is 0 Å². The molecule has 8 nitrogen and oxygen atoms in total. The Morgan fingerprint density at radius 1 is 1.32 bits per heavy atom. The van der Waals surface area contributed by atoms with Crippen molar-refractivity contribution >= 4 is 29.2 Å². The van der Waals surface area contributed by atoms with Gasteiger partial charge in [0.25, 0.3) is 11.6 Å². The zero-order valence-corrected chi connectivity index (χ0v) is 13.7. The molecule has 0 bridgehead atoms. The van der Waals surface area contributed by atoms with Gasteiger partial charge in [0.15, 0.2) is 0 Å². The molecule has 9 heteroatoms. The number of nitrogens with one attached hydrogen (secondary N) is 1. The molecule has 0 spiro atoms. The first-order valence-electron chi connectivity index (χ1n) is 7.24. The smallest absolute Gasteiger partial charge is 0.310 e. The summed E-state index contributed by atoms with van der Waals surface area (Å²) in [5, 5.41) is 13.1. The van der Waals surface area contributed by atoms with Gasteiger partial charge in [-0.15, -0.1) is 0 Å². The van der Waals surface area contributed by atoms with Crippen molar-refractivity contribution in [2.45, 2.75) is 6.42 Å². The summed E-state index contributed by atoms with van der Waals surface area (Å²) in [6.45, 7) is 0.0837. The molecule has 1 aromatic heterocycles. The van der Waals surface area contributed by atoms with E-state index in [1.165, 1.54) is 12.1 Å². The van der Waals surface area contributed by atoms with Crippen molar-refractivity contribution in [1.82, 2.24) is 10.3 Å². The van der Waals surface area contributed by atoms with E-state index in [-0.39, 0.29) is 35.8 Å². The van der Waals surface area contributed by atoms with Crippen LogP contribution in [-0.2, 0) is 16.0 Å². The van der Waals surface area contributed by atoms with Crippen molar-refractivity contribution < 1.29 is 19.2 Å². The number of hydrogen-bond donors (Lipinski definition) is 1. The Kier molecular flexibility index (Phi) is 6.41. The molecular formula is C16H14ClN3O5. The number of halogens is 1. The summed E-state index contributed by atoms with van der Waals surface area (Å²) in [5.74, 6) is -0.946. The van der Waals surface area contributed by atoms with Crippen molar-refractivity contribution in [3.05, 3.63) is 69.0 Å². The van der Waals surface area contributed by atoms with Gasteiger partial charge in [0.05, 0.1) is 28.5 Å².